The molecule has 0 N–H and O–H groups in total. The lowest BCUT2D eigenvalue weighted by Gasteiger charge is -2.23. The highest BCUT2D eigenvalue weighted by Gasteiger charge is 2.16. The van der Waals surface area contributed by atoms with E-state index < -0.39 is 0 Å². The Balaban J connectivity index is 4.04. The molecule has 0 aromatic carbocycles. The summed E-state index contributed by atoms with van der Waals surface area (Å²) in [4.78, 5) is 38.8. The molecule has 0 aliphatic carbocycles. The molecule has 0 saturated heterocycles. The lowest BCUT2D eigenvalue weighted by molar-refractivity contribution is -0.147. The predicted octanol–water partition coefficient (Wildman–Crippen LogP) is 9.51. The summed E-state index contributed by atoms with van der Waals surface area (Å²) in [6.45, 7) is 5.46. The number of ether oxygens (including phenoxy) is 2. The number of rotatable bonds is 33. The molecule has 0 aliphatic heterocycles. The van der Waals surface area contributed by atoms with E-state index in [-0.39, 0.29) is 31.1 Å². The monoisotopic (exact) mass is 643 g/mol. The zero-order chi connectivity index (χ0) is 32.5. The minimum atomic E-state index is -0.200. The maximum Gasteiger partial charge on any atom is 0.305 e. The Morgan fingerprint density at radius 2 is 0.818 bits per heavy atom. The normalized spacial score (nSPS) is 11.2. The number of unbranched alkanes of at least 4 members (excludes halogenated alkanes) is 20. The molecule has 0 fully saturated rings. The lowest BCUT2D eigenvalue weighted by Crippen LogP contribution is -2.38. The van der Waals surface area contributed by atoms with Gasteiger partial charge >= 0.3 is 11.9 Å². The average molecular weight is 643 g/mol. The van der Waals surface area contributed by atoms with Crippen LogP contribution in [0.5, 0.6) is 0 Å². The second-order valence-corrected chi connectivity index (χ2v) is 13.8. The fourth-order valence-corrected chi connectivity index (χ4v) is 5.74. The van der Waals surface area contributed by atoms with Crippen LogP contribution in [0.15, 0.2) is 0 Å². The summed E-state index contributed by atoms with van der Waals surface area (Å²) in [6.07, 6.45) is 28.2. The number of carbonyl (C=O) groups excluding carboxylic acids is 3. The first-order chi connectivity index (χ1) is 21.4. The smallest absolute Gasteiger partial charge is 0.305 e. The Bertz CT molecular complexity index is 633. The van der Waals surface area contributed by atoms with E-state index in [1.807, 2.05) is 18.4 Å². The van der Waals surface area contributed by atoms with Gasteiger partial charge in [-0.1, -0.05) is 154 Å². The van der Waals surface area contributed by atoms with Crippen molar-refractivity contribution in [3.63, 3.8) is 0 Å². The fourth-order valence-electron chi connectivity index (χ4n) is 5.19. The molecule has 0 aromatic rings. The van der Waals surface area contributed by atoms with E-state index in [4.69, 9.17) is 9.47 Å². The molecule has 7 nitrogen and oxygen atoms in total. The van der Waals surface area contributed by atoms with Crippen molar-refractivity contribution in [2.75, 3.05) is 46.2 Å². The molecule has 0 aromatic heterocycles. The standard InChI is InChI=1S/C36H70N2O5S/c1-5-7-9-11-13-15-17-19-21-23-25-27-35(40)42-31-29-38(34(39)33-44-37(3)4)30-32-43-36(41)28-26-24-22-20-18-16-14-12-10-8-6-2/h5-33H2,1-4H3. The fraction of sp³-hybridized carbons (Fsp3) is 0.917. The van der Waals surface area contributed by atoms with Crippen LogP contribution in [0.4, 0.5) is 0 Å². The van der Waals surface area contributed by atoms with Gasteiger partial charge in [0.25, 0.3) is 0 Å². The molecule has 260 valence electrons. The van der Waals surface area contributed by atoms with Crippen LogP contribution in [-0.4, -0.2) is 73.2 Å². The van der Waals surface area contributed by atoms with Crippen molar-refractivity contribution in [2.45, 2.75) is 168 Å². The molecule has 0 rings (SSSR count). The van der Waals surface area contributed by atoms with Crippen molar-refractivity contribution in [1.82, 2.24) is 9.21 Å². The van der Waals surface area contributed by atoms with E-state index in [2.05, 4.69) is 13.8 Å². The van der Waals surface area contributed by atoms with Gasteiger partial charge in [0.2, 0.25) is 5.91 Å². The Morgan fingerprint density at radius 1 is 0.500 bits per heavy atom. The van der Waals surface area contributed by atoms with Crippen molar-refractivity contribution >= 4 is 29.8 Å². The first-order valence-electron chi connectivity index (χ1n) is 18.3. The first kappa shape index (κ1) is 42.7. The molecule has 0 bridgehead atoms. The lowest BCUT2D eigenvalue weighted by atomic mass is 10.1. The van der Waals surface area contributed by atoms with Crippen molar-refractivity contribution < 1.29 is 23.9 Å². The zero-order valence-electron chi connectivity index (χ0n) is 29.4. The summed E-state index contributed by atoms with van der Waals surface area (Å²) in [6, 6.07) is 0. The van der Waals surface area contributed by atoms with E-state index in [0.717, 1.165) is 25.7 Å². The summed E-state index contributed by atoms with van der Waals surface area (Å²) in [5.41, 5.74) is 0. The van der Waals surface area contributed by atoms with Gasteiger partial charge in [-0.25, -0.2) is 0 Å². The number of hydrogen-bond donors (Lipinski definition) is 0. The number of esters is 2. The van der Waals surface area contributed by atoms with Crippen LogP contribution in [0.3, 0.4) is 0 Å². The molecule has 0 heterocycles. The SMILES string of the molecule is CCCCCCCCCCCCCC(=O)OCCN(CCOC(=O)CCCCCCCCCCCCC)C(=O)CSN(C)C. The van der Waals surface area contributed by atoms with Gasteiger partial charge in [-0.2, -0.15) is 0 Å². The van der Waals surface area contributed by atoms with Gasteiger partial charge in [-0.05, 0) is 26.9 Å². The quantitative estimate of drug-likeness (QED) is 0.0401. The van der Waals surface area contributed by atoms with Crippen LogP contribution in [-0.2, 0) is 23.9 Å². The third-order valence-electron chi connectivity index (χ3n) is 8.02. The van der Waals surface area contributed by atoms with Gasteiger partial charge in [-0.15, -0.1) is 0 Å². The highest BCUT2D eigenvalue weighted by molar-refractivity contribution is 7.97. The summed E-state index contributed by atoms with van der Waals surface area (Å²) in [7, 11) is 3.80. The minimum absolute atomic E-state index is 0.0495. The van der Waals surface area contributed by atoms with E-state index in [1.165, 1.54) is 128 Å². The summed E-state index contributed by atoms with van der Waals surface area (Å²) < 4.78 is 12.8. The van der Waals surface area contributed by atoms with Crippen LogP contribution in [0, 0.1) is 0 Å². The topological polar surface area (TPSA) is 76.1 Å². The molecule has 8 heteroatoms. The molecule has 44 heavy (non-hydrogen) atoms. The predicted molar refractivity (Wildman–Crippen MR) is 187 cm³/mol. The molecular formula is C36H70N2O5S. The molecule has 0 radical (unpaired) electrons. The second-order valence-electron chi connectivity index (χ2n) is 12.5. The molecule has 0 atom stereocenters. The first-order valence-corrected chi connectivity index (χ1v) is 19.2. The minimum Gasteiger partial charge on any atom is -0.464 e. The number of amides is 1. The summed E-state index contributed by atoms with van der Waals surface area (Å²) in [5.74, 6) is -0.151. The third kappa shape index (κ3) is 30.7. The molecule has 1 amide bonds. The van der Waals surface area contributed by atoms with E-state index >= 15 is 0 Å². The highest BCUT2D eigenvalue weighted by Crippen LogP contribution is 2.14. The Kier molecular flexibility index (Phi) is 32.1. The maximum absolute atomic E-state index is 12.8. The van der Waals surface area contributed by atoms with Crippen molar-refractivity contribution in [3.05, 3.63) is 0 Å². The summed E-state index contributed by atoms with van der Waals surface area (Å²) >= 11 is 1.42. The average Bonchev–Trinajstić information content (AvgIpc) is 3.00. The number of carbonyl (C=O) groups is 3. The molecule has 0 aliphatic rings. The van der Waals surface area contributed by atoms with Crippen LogP contribution in [0.25, 0.3) is 0 Å². The van der Waals surface area contributed by atoms with Crippen molar-refractivity contribution in [3.8, 4) is 0 Å². The van der Waals surface area contributed by atoms with E-state index in [1.54, 1.807) is 4.90 Å². The maximum atomic E-state index is 12.8. The van der Waals surface area contributed by atoms with Crippen LogP contribution in [0.1, 0.15) is 168 Å². The van der Waals surface area contributed by atoms with E-state index in [0.29, 0.717) is 31.7 Å². The largest absolute Gasteiger partial charge is 0.464 e. The van der Waals surface area contributed by atoms with Gasteiger partial charge in [-0.3, -0.25) is 18.7 Å². The van der Waals surface area contributed by atoms with Crippen molar-refractivity contribution in [2.24, 2.45) is 0 Å². The zero-order valence-corrected chi connectivity index (χ0v) is 30.2. The van der Waals surface area contributed by atoms with Gasteiger partial charge in [0.05, 0.1) is 18.8 Å². The summed E-state index contributed by atoms with van der Waals surface area (Å²) in [5, 5.41) is 0. The van der Waals surface area contributed by atoms with Crippen LogP contribution >= 0.6 is 11.9 Å². The van der Waals surface area contributed by atoms with Gasteiger partial charge < -0.3 is 14.4 Å². The van der Waals surface area contributed by atoms with Crippen LogP contribution < -0.4 is 0 Å². The molecule has 0 spiro atoms. The van der Waals surface area contributed by atoms with Gasteiger partial charge in [0.15, 0.2) is 0 Å². The Hall–Kier alpha value is -1.28. The second kappa shape index (κ2) is 33.1. The highest BCUT2D eigenvalue weighted by atomic mass is 32.2. The number of nitrogens with zero attached hydrogens (tertiary/aromatic N) is 2. The number of hydrogen-bond acceptors (Lipinski definition) is 7. The van der Waals surface area contributed by atoms with Gasteiger partial charge in [0, 0.05) is 12.8 Å². The molecular weight excluding hydrogens is 572 g/mol. The third-order valence-corrected chi connectivity index (χ3v) is 8.91. The van der Waals surface area contributed by atoms with Gasteiger partial charge in [0.1, 0.15) is 13.2 Å². The molecule has 0 saturated carbocycles. The van der Waals surface area contributed by atoms with Crippen LogP contribution in [0.2, 0.25) is 0 Å². The molecule has 0 unspecified atom stereocenters. The van der Waals surface area contributed by atoms with E-state index in [9.17, 15) is 14.4 Å². The van der Waals surface area contributed by atoms with Crippen molar-refractivity contribution in [1.29, 1.82) is 0 Å². The Morgan fingerprint density at radius 3 is 1.14 bits per heavy atom. The Labute approximate surface area is 276 Å².